The standard InChI is InChI=1S/C8H13Cl2NO4S/c9-8(10)16(13,14)6-1-7(12)11-2-4-15-5-3-11/h8H,1-6H2. The maximum absolute atomic E-state index is 11.6. The van der Waals surface area contributed by atoms with E-state index in [-0.39, 0.29) is 18.1 Å². The van der Waals surface area contributed by atoms with Crippen molar-refractivity contribution in [2.45, 2.75) is 10.6 Å². The first-order valence-electron chi connectivity index (χ1n) is 4.79. The minimum absolute atomic E-state index is 0.0850. The van der Waals surface area contributed by atoms with E-state index in [1.807, 2.05) is 0 Å². The normalized spacial score (nSPS) is 17.8. The minimum Gasteiger partial charge on any atom is -0.378 e. The Bertz CT molecular complexity index is 338. The van der Waals surface area contributed by atoms with Crippen molar-refractivity contribution in [2.75, 3.05) is 32.1 Å². The summed E-state index contributed by atoms with van der Waals surface area (Å²) in [5, 5.41) is 0. The molecule has 1 rings (SSSR count). The molecule has 94 valence electrons. The molecule has 1 aliphatic rings. The number of hydrogen-bond donors (Lipinski definition) is 0. The average Bonchev–Trinajstić information content (AvgIpc) is 2.27. The summed E-state index contributed by atoms with van der Waals surface area (Å²) in [5.74, 6) is -0.526. The molecule has 1 amide bonds. The second-order valence-electron chi connectivity index (χ2n) is 3.37. The van der Waals surface area contributed by atoms with Gasteiger partial charge in [0.1, 0.15) is 0 Å². The van der Waals surface area contributed by atoms with Gasteiger partial charge >= 0.3 is 0 Å². The molecule has 0 aliphatic carbocycles. The number of ether oxygens (including phenoxy) is 1. The molecule has 8 heteroatoms. The van der Waals surface area contributed by atoms with Crippen LogP contribution >= 0.6 is 23.2 Å². The van der Waals surface area contributed by atoms with E-state index in [4.69, 9.17) is 27.9 Å². The third-order valence-electron chi connectivity index (χ3n) is 2.24. The van der Waals surface area contributed by atoms with E-state index in [0.717, 1.165) is 0 Å². The number of carbonyl (C=O) groups excluding carboxylic acids is 1. The molecular formula is C8H13Cl2NO4S. The predicted molar refractivity (Wildman–Crippen MR) is 61.3 cm³/mol. The Kier molecular flexibility index (Phi) is 5.30. The maximum atomic E-state index is 11.6. The summed E-state index contributed by atoms with van der Waals surface area (Å²) in [6, 6.07) is 0. The lowest BCUT2D eigenvalue weighted by molar-refractivity contribution is -0.134. The molecular weight excluding hydrogens is 277 g/mol. The molecule has 1 fully saturated rings. The van der Waals surface area contributed by atoms with Crippen molar-refractivity contribution in [1.29, 1.82) is 0 Å². The highest BCUT2D eigenvalue weighted by molar-refractivity contribution is 7.94. The zero-order valence-electron chi connectivity index (χ0n) is 8.56. The summed E-state index contributed by atoms with van der Waals surface area (Å²) >= 11 is 10.5. The second-order valence-corrected chi connectivity index (χ2v) is 7.19. The molecule has 1 saturated heterocycles. The van der Waals surface area contributed by atoms with Gasteiger partial charge in [-0.2, -0.15) is 0 Å². The van der Waals surface area contributed by atoms with Gasteiger partial charge in [0.05, 0.1) is 19.0 Å². The van der Waals surface area contributed by atoms with Gasteiger partial charge in [0.15, 0.2) is 9.84 Å². The molecule has 5 nitrogen and oxygen atoms in total. The van der Waals surface area contributed by atoms with Gasteiger partial charge in [0, 0.05) is 19.5 Å². The number of alkyl halides is 2. The number of halogens is 2. The Balaban J connectivity index is 2.40. The van der Waals surface area contributed by atoms with Crippen molar-refractivity contribution < 1.29 is 17.9 Å². The van der Waals surface area contributed by atoms with Crippen molar-refractivity contribution in [2.24, 2.45) is 0 Å². The highest BCUT2D eigenvalue weighted by Crippen LogP contribution is 2.13. The average molecular weight is 290 g/mol. The molecule has 0 aromatic rings. The summed E-state index contributed by atoms with van der Waals surface area (Å²) in [6.07, 6.45) is -0.0850. The van der Waals surface area contributed by atoms with Gasteiger partial charge in [0.2, 0.25) is 10.1 Å². The molecule has 0 unspecified atom stereocenters. The van der Waals surface area contributed by atoms with Crippen molar-refractivity contribution in [3.8, 4) is 0 Å². The van der Waals surface area contributed by atoms with E-state index >= 15 is 0 Å². The van der Waals surface area contributed by atoms with Gasteiger partial charge in [-0.3, -0.25) is 4.79 Å². The Morgan fingerprint density at radius 1 is 1.31 bits per heavy atom. The fraction of sp³-hybridized carbons (Fsp3) is 0.875. The summed E-state index contributed by atoms with van der Waals surface area (Å²) < 4.78 is 26.1. The van der Waals surface area contributed by atoms with Crippen molar-refractivity contribution in [3.63, 3.8) is 0 Å². The number of sulfone groups is 1. The lowest BCUT2D eigenvalue weighted by Crippen LogP contribution is -2.41. The summed E-state index contributed by atoms with van der Waals surface area (Å²) in [7, 11) is -3.58. The Hall–Kier alpha value is -0.0400. The largest absolute Gasteiger partial charge is 0.378 e. The predicted octanol–water partition coefficient (Wildman–Crippen LogP) is 0.411. The number of rotatable bonds is 4. The number of morpholine rings is 1. The van der Waals surface area contributed by atoms with Crippen LogP contribution in [0.5, 0.6) is 0 Å². The fourth-order valence-corrected chi connectivity index (χ4v) is 2.46. The summed E-state index contributed by atoms with van der Waals surface area (Å²) in [4.78, 5) is 13.2. The fourth-order valence-electron chi connectivity index (χ4n) is 1.29. The van der Waals surface area contributed by atoms with Crippen LogP contribution in [0.3, 0.4) is 0 Å². The van der Waals surface area contributed by atoms with Crippen LogP contribution in [0.1, 0.15) is 6.42 Å². The zero-order chi connectivity index (χ0) is 12.2. The summed E-state index contributed by atoms with van der Waals surface area (Å²) in [5.41, 5.74) is 0. The zero-order valence-corrected chi connectivity index (χ0v) is 10.9. The van der Waals surface area contributed by atoms with Crippen LogP contribution in [0.15, 0.2) is 0 Å². The van der Waals surface area contributed by atoms with Gasteiger partial charge < -0.3 is 9.64 Å². The van der Waals surface area contributed by atoms with E-state index in [2.05, 4.69) is 0 Å². The van der Waals surface area contributed by atoms with Crippen LogP contribution in [0, 0.1) is 0 Å². The first-order valence-corrected chi connectivity index (χ1v) is 7.37. The lowest BCUT2D eigenvalue weighted by Gasteiger charge is -2.26. The van der Waals surface area contributed by atoms with Crippen molar-refractivity contribution >= 4 is 38.9 Å². The van der Waals surface area contributed by atoms with Crippen LogP contribution in [0.2, 0.25) is 0 Å². The second kappa shape index (κ2) is 6.05. The van der Waals surface area contributed by atoms with Crippen LogP contribution in [-0.4, -0.2) is 55.4 Å². The Labute approximate surface area is 105 Å². The SMILES string of the molecule is O=C(CCS(=O)(=O)C(Cl)Cl)N1CCOCC1. The molecule has 0 aromatic heterocycles. The first kappa shape index (κ1) is 14.0. The molecule has 0 atom stereocenters. The monoisotopic (exact) mass is 289 g/mol. The maximum Gasteiger partial charge on any atom is 0.223 e. The number of amides is 1. The highest BCUT2D eigenvalue weighted by Gasteiger charge is 2.24. The molecule has 0 radical (unpaired) electrons. The Morgan fingerprint density at radius 2 is 1.88 bits per heavy atom. The summed E-state index contributed by atoms with van der Waals surface area (Å²) in [6.45, 7) is 1.99. The third-order valence-corrected chi connectivity index (χ3v) is 5.18. The van der Waals surface area contributed by atoms with E-state index in [1.54, 1.807) is 4.90 Å². The molecule has 16 heavy (non-hydrogen) atoms. The van der Waals surface area contributed by atoms with Crippen LogP contribution in [0.4, 0.5) is 0 Å². The molecule has 0 spiro atoms. The number of hydrogen-bond acceptors (Lipinski definition) is 4. The van der Waals surface area contributed by atoms with Crippen molar-refractivity contribution in [3.05, 3.63) is 0 Å². The van der Waals surface area contributed by atoms with E-state index in [1.165, 1.54) is 0 Å². The molecule has 0 aromatic carbocycles. The van der Waals surface area contributed by atoms with E-state index in [0.29, 0.717) is 26.3 Å². The quantitative estimate of drug-likeness (QED) is 0.704. The molecule has 0 N–H and O–H groups in total. The van der Waals surface area contributed by atoms with Gasteiger partial charge in [0.25, 0.3) is 0 Å². The van der Waals surface area contributed by atoms with Gasteiger partial charge in [-0.1, -0.05) is 23.2 Å². The van der Waals surface area contributed by atoms with Crippen molar-refractivity contribution in [1.82, 2.24) is 4.90 Å². The Morgan fingerprint density at radius 3 is 2.38 bits per heavy atom. The molecule has 1 heterocycles. The van der Waals surface area contributed by atoms with Gasteiger partial charge in [-0.15, -0.1) is 0 Å². The van der Waals surface area contributed by atoms with E-state index in [9.17, 15) is 13.2 Å². The number of carbonyl (C=O) groups is 1. The smallest absolute Gasteiger partial charge is 0.223 e. The van der Waals surface area contributed by atoms with Crippen LogP contribution in [-0.2, 0) is 19.4 Å². The lowest BCUT2D eigenvalue weighted by atomic mass is 10.3. The minimum atomic E-state index is -3.58. The molecule has 0 bridgehead atoms. The van der Waals surface area contributed by atoms with Crippen LogP contribution in [0.25, 0.3) is 0 Å². The number of nitrogens with zero attached hydrogens (tertiary/aromatic N) is 1. The first-order chi connectivity index (χ1) is 7.43. The topological polar surface area (TPSA) is 63.7 Å². The highest BCUT2D eigenvalue weighted by atomic mass is 35.5. The van der Waals surface area contributed by atoms with E-state index < -0.39 is 14.0 Å². The van der Waals surface area contributed by atoms with Crippen LogP contribution < -0.4 is 0 Å². The molecule has 1 aliphatic heterocycles. The third kappa shape index (κ3) is 4.08. The van der Waals surface area contributed by atoms with Gasteiger partial charge in [-0.25, -0.2) is 8.42 Å². The molecule has 0 saturated carbocycles. The van der Waals surface area contributed by atoms with Gasteiger partial charge in [-0.05, 0) is 0 Å².